The lowest BCUT2D eigenvalue weighted by Crippen LogP contribution is -1.92. The molecule has 0 bridgehead atoms. The predicted molar refractivity (Wildman–Crippen MR) is 111 cm³/mol. The summed E-state index contributed by atoms with van der Waals surface area (Å²) in [4.78, 5) is 9.29. The maximum absolute atomic E-state index is 6.05. The topological polar surface area (TPSA) is 42.2 Å². The van der Waals surface area contributed by atoms with Crippen molar-refractivity contribution < 1.29 is 0 Å². The Labute approximate surface area is 165 Å². The monoisotopic (exact) mass is 434 g/mol. The maximum atomic E-state index is 6.05. The Hall–Kier alpha value is -1.89. The largest absolute Gasteiger partial charge is 0.332 e. The number of hydrogen-bond donors (Lipinski definition) is 1. The first-order valence-electron chi connectivity index (χ1n) is 7.54. The van der Waals surface area contributed by atoms with Gasteiger partial charge in [0.2, 0.25) is 0 Å². The Balaban J connectivity index is 0.00000182. The first-order valence-corrected chi connectivity index (χ1v) is 8.80. The summed E-state index contributed by atoms with van der Waals surface area (Å²) >= 11 is 7.63. The molecule has 1 aromatic carbocycles. The first-order chi connectivity index (χ1) is 11.6. The number of pyridine rings is 1. The van der Waals surface area contributed by atoms with Gasteiger partial charge < -0.3 is 5.32 Å². The SMILES string of the molecule is Br.Cc1ccc(Nc2nc(-c3c(C)nc4cc(Cl)ccn34)cs2)cc1. The number of hydrogen-bond acceptors (Lipinski definition) is 4. The summed E-state index contributed by atoms with van der Waals surface area (Å²) in [7, 11) is 0. The summed E-state index contributed by atoms with van der Waals surface area (Å²) in [6.45, 7) is 4.06. The van der Waals surface area contributed by atoms with Crippen molar-refractivity contribution >= 4 is 56.4 Å². The van der Waals surface area contributed by atoms with E-state index in [4.69, 9.17) is 16.6 Å². The molecular formula is C18H16BrClN4S. The second kappa shape index (κ2) is 7.15. The van der Waals surface area contributed by atoms with Crippen LogP contribution in [-0.4, -0.2) is 14.4 Å². The number of rotatable bonds is 3. The van der Waals surface area contributed by atoms with Crippen LogP contribution in [-0.2, 0) is 0 Å². The van der Waals surface area contributed by atoms with Gasteiger partial charge in [0.15, 0.2) is 5.13 Å². The summed E-state index contributed by atoms with van der Waals surface area (Å²) in [5.74, 6) is 0. The fourth-order valence-electron chi connectivity index (χ4n) is 2.65. The fraction of sp³-hybridized carbons (Fsp3) is 0.111. The molecule has 4 nitrogen and oxygen atoms in total. The fourth-order valence-corrected chi connectivity index (χ4v) is 3.52. The third-order valence-corrected chi connectivity index (χ3v) is 4.80. The molecule has 0 aliphatic rings. The highest BCUT2D eigenvalue weighted by Crippen LogP contribution is 2.30. The van der Waals surface area contributed by atoms with E-state index >= 15 is 0 Å². The van der Waals surface area contributed by atoms with E-state index in [1.807, 2.05) is 35.0 Å². The van der Waals surface area contributed by atoms with Crippen LogP contribution >= 0.6 is 39.9 Å². The zero-order chi connectivity index (χ0) is 16.7. The van der Waals surface area contributed by atoms with Gasteiger partial charge >= 0.3 is 0 Å². The molecule has 128 valence electrons. The molecule has 1 N–H and O–H groups in total. The van der Waals surface area contributed by atoms with Crippen molar-refractivity contribution in [2.24, 2.45) is 0 Å². The average Bonchev–Trinajstić information content (AvgIpc) is 3.12. The van der Waals surface area contributed by atoms with E-state index in [1.165, 1.54) is 5.56 Å². The minimum Gasteiger partial charge on any atom is -0.332 e. The van der Waals surface area contributed by atoms with Crippen LogP contribution in [0.1, 0.15) is 11.3 Å². The lowest BCUT2D eigenvalue weighted by Gasteiger charge is -2.03. The first kappa shape index (κ1) is 17.9. The van der Waals surface area contributed by atoms with E-state index in [1.54, 1.807) is 11.3 Å². The molecule has 0 aliphatic carbocycles. The van der Waals surface area contributed by atoms with Crippen molar-refractivity contribution in [3.05, 3.63) is 64.3 Å². The van der Waals surface area contributed by atoms with E-state index in [9.17, 15) is 0 Å². The zero-order valence-electron chi connectivity index (χ0n) is 13.7. The van der Waals surface area contributed by atoms with E-state index in [0.29, 0.717) is 5.02 Å². The Morgan fingerprint density at radius 1 is 1.08 bits per heavy atom. The number of aromatic nitrogens is 3. The van der Waals surface area contributed by atoms with Crippen molar-refractivity contribution in [2.75, 3.05) is 5.32 Å². The van der Waals surface area contributed by atoms with Crippen molar-refractivity contribution in [1.29, 1.82) is 0 Å². The molecular weight excluding hydrogens is 420 g/mol. The molecule has 3 heterocycles. The lowest BCUT2D eigenvalue weighted by molar-refractivity contribution is 1.17. The van der Waals surface area contributed by atoms with Crippen molar-refractivity contribution in [1.82, 2.24) is 14.4 Å². The summed E-state index contributed by atoms with van der Waals surface area (Å²) < 4.78 is 2.02. The van der Waals surface area contributed by atoms with Gasteiger partial charge in [-0.3, -0.25) is 4.40 Å². The number of thiazole rings is 1. The van der Waals surface area contributed by atoms with Gasteiger partial charge in [0, 0.05) is 28.4 Å². The third-order valence-electron chi connectivity index (χ3n) is 3.81. The minimum atomic E-state index is 0. The van der Waals surface area contributed by atoms with Gasteiger partial charge in [0.1, 0.15) is 11.3 Å². The van der Waals surface area contributed by atoms with Crippen molar-refractivity contribution in [3.63, 3.8) is 0 Å². The summed E-state index contributed by atoms with van der Waals surface area (Å²) in [5.41, 5.74) is 5.93. The predicted octanol–water partition coefficient (Wildman–Crippen LogP) is 6.05. The number of anilines is 2. The number of benzene rings is 1. The van der Waals surface area contributed by atoms with Crippen LogP contribution in [0, 0.1) is 13.8 Å². The van der Waals surface area contributed by atoms with Gasteiger partial charge in [0.05, 0.1) is 11.4 Å². The zero-order valence-corrected chi connectivity index (χ0v) is 16.9. The van der Waals surface area contributed by atoms with E-state index in [0.717, 1.165) is 33.5 Å². The van der Waals surface area contributed by atoms with Gasteiger partial charge in [-0.25, -0.2) is 9.97 Å². The average molecular weight is 436 g/mol. The van der Waals surface area contributed by atoms with Crippen LogP contribution in [0.25, 0.3) is 17.0 Å². The summed E-state index contributed by atoms with van der Waals surface area (Å²) in [5, 5.41) is 6.93. The quantitative estimate of drug-likeness (QED) is 0.426. The van der Waals surface area contributed by atoms with Crippen LogP contribution in [0.15, 0.2) is 48.0 Å². The number of aryl methyl sites for hydroxylation is 2. The highest BCUT2D eigenvalue weighted by molar-refractivity contribution is 8.93. The van der Waals surface area contributed by atoms with Gasteiger partial charge in [-0.15, -0.1) is 28.3 Å². The number of halogens is 2. The van der Waals surface area contributed by atoms with Crippen molar-refractivity contribution in [2.45, 2.75) is 13.8 Å². The number of imidazole rings is 1. The van der Waals surface area contributed by atoms with Crippen molar-refractivity contribution in [3.8, 4) is 11.4 Å². The molecule has 0 saturated carbocycles. The normalized spacial score (nSPS) is 10.7. The molecule has 4 rings (SSSR count). The van der Waals surface area contributed by atoms with Crippen LogP contribution < -0.4 is 5.32 Å². The number of fused-ring (bicyclic) bond motifs is 1. The Bertz CT molecular complexity index is 1020. The van der Waals surface area contributed by atoms with Gasteiger partial charge in [-0.2, -0.15) is 0 Å². The second-order valence-corrected chi connectivity index (χ2v) is 6.94. The minimum absolute atomic E-state index is 0. The highest BCUT2D eigenvalue weighted by Gasteiger charge is 2.14. The molecule has 7 heteroatoms. The molecule has 0 unspecified atom stereocenters. The van der Waals surface area contributed by atoms with Gasteiger partial charge in [-0.1, -0.05) is 29.3 Å². The molecule has 4 aromatic rings. The molecule has 0 spiro atoms. The smallest absolute Gasteiger partial charge is 0.187 e. The molecule has 0 fully saturated rings. The molecule has 25 heavy (non-hydrogen) atoms. The maximum Gasteiger partial charge on any atom is 0.187 e. The molecule has 0 aliphatic heterocycles. The van der Waals surface area contributed by atoms with E-state index < -0.39 is 0 Å². The Morgan fingerprint density at radius 2 is 1.84 bits per heavy atom. The molecule has 0 amide bonds. The van der Waals surface area contributed by atoms with Gasteiger partial charge in [0.25, 0.3) is 0 Å². The van der Waals surface area contributed by atoms with Crippen LogP contribution in [0.2, 0.25) is 5.02 Å². The second-order valence-electron chi connectivity index (χ2n) is 5.65. The Morgan fingerprint density at radius 3 is 2.60 bits per heavy atom. The molecule has 3 aromatic heterocycles. The summed E-state index contributed by atoms with van der Waals surface area (Å²) in [6.07, 6.45) is 1.93. The lowest BCUT2D eigenvalue weighted by atomic mass is 10.2. The standard InChI is InChI=1S/C18H15ClN4S.BrH/c1-11-3-5-14(6-4-11)21-18-22-15(10-24-18)17-12(2)20-16-9-13(19)7-8-23(16)17;/h3-10H,1-2H3,(H,21,22);1H. The highest BCUT2D eigenvalue weighted by atomic mass is 79.9. The number of nitrogens with one attached hydrogen (secondary N) is 1. The van der Waals surface area contributed by atoms with Gasteiger partial charge in [-0.05, 0) is 32.0 Å². The van der Waals surface area contributed by atoms with Crippen LogP contribution in [0.4, 0.5) is 10.8 Å². The molecule has 0 radical (unpaired) electrons. The molecule has 0 saturated heterocycles. The van der Waals surface area contributed by atoms with E-state index in [2.05, 4.69) is 41.5 Å². The summed E-state index contributed by atoms with van der Waals surface area (Å²) in [6, 6.07) is 12.0. The van der Waals surface area contributed by atoms with Crippen LogP contribution in [0.5, 0.6) is 0 Å². The molecule has 0 atom stereocenters. The number of nitrogens with zero attached hydrogens (tertiary/aromatic N) is 3. The van der Waals surface area contributed by atoms with E-state index in [-0.39, 0.29) is 17.0 Å². The van der Waals surface area contributed by atoms with Crippen LogP contribution in [0.3, 0.4) is 0 Å². The third kappa shape index (κ3) is 3.56. The Kier molecular flexibility index (Phi) is 5.13.